The maximum atomic E-state index is 13.3. The van der Waals surface area contributed by atoms with Gasteiger partial charge in [-0.25, -0.2) is 9.78 Å². The Hall–Kier alpha value is -3.56. The van der Waals surface area contributed by atoms with Gasteiger partial charge in [-0.2, -0.15) is 0 Å². The van der Waals surface area contributed by atoms with Gasteiger partial charge in [-0.15, -0.1) is 0 Å². The van der Waals surface area contributed by atoms with Gasteiger partial charge in [-0.05, 0) is 43.7 Å². The summed E-state index contributed by atoms with van der Waals surface area (Å²) in [6.45, 7) is 5.69. The number of hydrogen-bond donors (Lipinski definition) is 1. The molecule has 1 aliphatic carbocycles. The van der Waals surface area contributed by atoms with Crippen molar-refractivity contribution < 1.29 is 19.1 Å². The Morgan fingerprint density at radius 1 is 1.14 bits per heavy atom. The van der Waals surface area contributed by atoms with Gasteiger partial charge >= 0.3 is 6.03 Å². The number of urea groups is 1. The molecule has 10 nitrogen and oxygen atoms in total. The van der Waals surface area contributed by atoms with Gasteiger partial charge in [0.1, 0.15) is 30.3 Å². The number of imidazole rings is 1. The van der Waals surface area contributed by atoms with Gasteiger partial charge in [0.15, 0.2) is 5.82 Å². The molecule has 2 saturated heterocycles. The van der Waals surface area contributed by atoms with Gasteiger partial charge in [0.25, 0.3) is 5.91 Å². The summed E-state index contributed by atoms with van der Waals surface area (Å²) in [4.78, 5) is 48.2. The Bertz CT molecular complexity index is 1220. The second-order valence-electron chi connectivity index (χ2n) is 10.2. The van der Waals surface area contributed by atoms with Crippen LogP contribution in [0.2, 0.25) is 0 Å². The van der Waals surface area contributed by atoms with Crippen LogP contribution in [0.25, 0.3) is 11.4 Å². The van der Waals surface area contributed by atoms with E-state index in [-0.39, 0.29) is 35.8 Å². The average molecular weight is 479 g/mol. The lowest BCUT2D eigenvalue weighted by Gasteiger charge is -2.25. The lowest BCUT2D eigenvalue weighted by atomic mass is 10.0. The third-order valence-electron chi connectivity index (χ3n) is 7.44. The number of fused-ring (bicyclic) bond motifs is 3. The average Bonchev–Trinajstić information content (AvgIpc) is 3.31. The summed E-state index contributed by atoms with van der Waals surface area (Å²) in [6.07, 6.45) is 5.25. The summed E-state index contributed by atoms with van der Waals surface area (Å²) in [6, 6.07) is 4.73. The van der Waals surface area contributed by atoms with Crippen molar-refractivity contribution in [3.05, 3.63) is 24.4 Å². The molecule has 1 aromatic heterocycles. The molecule has 4 heterocycles. The molecular formula is C25H30N6O4. The quantitative estimate of drug-likeness (QED) is 0.660. The van der Waals surface area contributed by atoms with E-state index in [2.05, 4.69) is 0 Å². The molecule has 3 aliphatic heterocycles. The molecule has 0 radical (unpaired) electrons. The van der Waals surface area contributed by atoms with Crippen molar-refractivity contribution in [2.45, 2.75) is 64.2 Å². The molecule has 0 unspecified atom stereocenters. The topological polar surface area (TPSA) is 114 Å². The molecule has 1 aromatic carbocycles. The van der Waals surface area contributed by atoms with E-state index in [1.807, 2.05) is 47.7 Å². The van der Waals surface area contributed by atoms with Crippen molar-refractivity contribution in [2.75, 3.05) is 23.0 Å². The van der Waals surface area contributed by atoms with Crippen LogP contribution in [0.3, 0.4) is 0 Å². The molecule has 4 amide bonds. The molecule has 184 valence electrons. The molecule has 6 rings (SSSR count). The zero-order valence-corrected chi connectivity index (χ0v) is 20.0. The number of anilines is 2. The highest BCUT2D eigenvalue weighted by molar-refractivity contribution is 6.14. The van der Waals surface area contributed by atoms with Gasteiger partial charge in [-0.1, -0.05) is 13.8 Å². The third kappa shape index (κ3) is 3.45. The molecule has 0 spiro atoms. The number of hydrogen-bond acceptors (Lipinski definition) is 6. The van der Waals surface area contributed by atoms with Gasteiger partial charge in [0, 0.05) is 30.5 Å². The number of nitrogens with two attached hydrogens (primary N) is 1. The molecule has 3 fully saturated rings. The normalized spacial score (nSPS) is 24.0. The molecule has 4 aliphatic rings. The minimum atomic E-state index is -0.554. The molecular weight excluding hydrogens is 448 g/mol. The van der Waals surface area contributed by atoms with Crippen molar-refractivity contribution in [2.24, 2.45) is 11.7 Å². The monoisotopic (exact) mass is 478 g/mol. The third-order valence-corrected chi connectivity index (χ3v) is 7.44. The van der Waals surface area contributed by atoms with Crippen LogP contribution in [0.4, 0.5) is 16.3 Å². The standard InChI is InChI=1S/C25H30N6O4/c1-14(2)21-24(33)30(15-5-6-15)25(34)31(21)20-13-28-10-11-35-19-12-16(7-8-17(19)23(28)27-20)29-9-3-4-18(29)22(26)32/h7-8,12-15,18,21H,3-6,9-11H2,1-2H3,(H2,26,32)/t18-,21+/m0/s1. The number of amides is 4. The number of nitrogens with zero attached hydrogens (tertiary/aromatic N) is 5. The molecule has 1 saturated carbocycles. The Morgan fingerprint density at radius 2 is 1.94 bits per heavy atom. The van der Waals surface area contributed by atoms with Crippen LogP contribution in [0.1, 0.15) is 39.5 Å². The Balaban J connectivity index is 1.37. The fourth-order valence-electron chi connectivity index (χ4n) is 5.60. The predicted molar refractivity (Wildman–Crippen MR) is 129 cm³/mol. The van der Waals surface area contributed by atoms with Crippen LogP contribution < -0.4 is 20.3 Å². The van der Waals surface area contributed by atoms with E-state index in [1.54, 1.807) is 4.90 Å². The first-order valence-corrected chi connectivity index (χ1v) is 12.4. The van der Waals surface area contributed by atoms with Crippen LogP contribution >= 0.6 is 0 Å². The van der Waals surface area contributed by atoms with E-state index in [0.29, 0.717) is 30.5 Å². The zero-order chi connectivity index (χ0) is 24.4. The van der Waals surface area contributed by atoms with Crippen LogP contribution in [0.5, 0.6) is 5.75 Å². The smallest absolute Gasteiger partial charge is 0.333 e. The fourth-order valence-corrected chi connectivity index (χ4v) is 5.60. The number of primary amides is 1. The Morgan fingerprint density at radius 3 is 2.66 bits per heavy atom. The van der Waals surface area contributed by atoms with E-state index >= 15 is 0 Å². The summed E-state index contributed by atoms with van der Waals surface area (Å²) in [5.41, 5.74) is 7.32. The van der Waals surface area contributed by atoms with E-state index < -0.39 is 6.04 Å². The van der Waals surface area contributed by atoms with Gasteiger partial charge in [-0.3, -0.25) is 19.4 Å². The SMILES string of the molecule is CC(C)[C@@H]1C(=O)N(C2CC2)C(=O)N1c1cn2c(n1)-c1ccc(N3CCC[C@H]3C(N)=O)cc1OCC2. The molecule has 2 N–H and O–H groups in total. The van der Waals surface area contributed by atoms with Crippen LogP contribution in [0, 0.1) is 5.92 Å². The number of carbonyl (C=O) groups is 3. The van der Waals surface area contributed by atoms with E-state index in [0.717, 1.165) is 43.5 Å². The molecule has 2 aromatic rings. The fraction of sp³-hybridized carbons (Fsp3) is 0.520. The van der Waals surface area contributed by atoms with Gasteiger partial charge in [0.2, 0.25) is 5.91 Å². The number of benzene rings is 1. The molecule has 2 atom stereocenters. The highest BCUT2D eigenvalue weighted by Gasteiger charge is 2.53. The maximum absolute atomic E-state index is 13.3. The predicted octanol–water partition coefficient (Wildman–Crippen LogP) is 2.35. The van der Waals surface area contributed by atoms with Crippen molar-refractivity contribution in [1.82, 2.24) is 14.5 Å². The van der Waals surface area contributed by atoms with Crippen LogP contribution in [0.15, 0.2) is 24.4 Å². The van der Waals surface area contributed by atoms with Crippen molar-refractivity contribution in [3.8, 4) is 17.1 Å². The van der Waals surface area contributed by atoms with E-state index in [9.17, 15) is 14.4 Å². The van der Waals surface area contributed by atoms with Crippen LogP contribution in [-0.4, -0.2) is 63.6 Å². The second kappa shape index (κ2) is 8.00. The maximum Gasteiger partial charge on any atom is 0.333 e. The zero-order valence-electron chi connectivity index (χ0n) is 20.0. The van der Waals surface area contributed by atoms with Crippen molar-refractivity contribution in [3.63, 3.8) is 0 Å². The largest absolute Gasteiger partial charge is 0.491 e. The first-order valence-electron chi connectivity index (χ1n) is 12.4. The first-order chi connectivity index (χ1) is 16.8. The number of carbonyl (C=O) groups excluding carboxylic acids is 3. The number of ether oxygens (including phenoxy) is 1. The van der Waals surface area contributed by atoms with Gasteiger partial charge in [0.05, 0.1) is 12.1 Å². The first kappa shape index (κ1) is 21.9. The second-order valence-corrected chi connectivity index (χ2v) is 10.2. The summed E-state index contributed by atoms with van der Waals surface area (Å²) in [7, 11) is 0. The minimum Gasteiger partial charge on any atom is -0.491 e. The number of imide groups is 1. The number of aromatic nitrogens is 2. The summed E-state index contributed by atoms with van der Waals surface area (Å²) in [5.74, 6) is 1.39. The molecule has 0 bridgehead atoms. The highest BCUT2D eigenvalue weighted by atomic mass is 16.5. The van der Waals surface area contributed by atoms with E-state index in [4.69, 9.17) is 15.5 Å². The summed E-state index contributed by atoms with van der Waals surface area (Å²) in [5, 5.41) is 0. The van der Waals surface area contributed by atoms with Crippen molar-refractivity contribution >= 4 is 29.4 Å². The lowest BCUT2D eigenvalue weighted by molar-refractivity contribution is -0.128. The van der Waals surface area contributed by atoms with Gasteiger partial charge < -0.3 is 19.9 Å². The Kier molecular flexibility index (Phi) is 5.01. The summed E-state index contributed by atoms with van der Waals surface area (Å²) >= 11 is 0. The Labute approximate surface area is 203 Å². The summed E-state index contributed by atoms with van der Waals surface area (Å²) < 4.78 is 8.04. The molecule has 35 heavy (non-hydrogen) atoms. The van der Waals surface area contributed by atoms with Crippen molar-refractivity contribution in [1.29, 1.82) is 0 Å². The molecule has 10 heteroatoms. The highest BCUT2D eigenvalue weighted by Crippen LogP contribution is 2.40. The van der Waals surface area contributed by atoms with Crippen LogP contribution in [-0.2, 0) is 16.1 Å². The van der Waals surface area contributed by atoms with E-state index in [1.165, 1.54) is 4.90 Å². The lowest BCUT2D eigenvalue weighted by Crippen LogP contribution is -2.40. The minimum absolute atomic E-state index is 0.0176. The number of rotatable bonds is 5.